The van der Waals surface area contributed by atoms with E-state index in [0.717, 1.165) is 30.1 Å². The molecule has 7 nitrogen and oxygen atoms in total. The first-order valence-electron chi connectivity index (χ1n) is 13.2. The minimum absolute atomic E-state index is 0.0139. The molecule has 9 heteroatoms. The van der Waals surface area contributed by atoms with Crippen LogP contribution in [0, 0.1) is 0 Å². The fourth-order valence-corrected chi connectivity index (χ4v) is 5.47. The highest BCUT2D eigenvalue weighted by atomic mass is 35.5. The summed E-state index contributed by atoms with van der Waals surface area (Å²) in [5, 5.41) is 1.06. The van der Waals surface area contributed by atoms with Gasteiger partial charge >= 0.3 is 0 Å². The Morgan fingerprint density at radius 1 is 1.02 bits per heavy atom. The predicted molar refractivity (Wildman–Crippen MR) is 157 cm³/mol. The van der Waals surface area contributed by atoms with Crippen molar-refractivity contribution >= 4 is 34.8 Å². The van der Waals surface area contributed by atoms with Crippen molar-refractivity contribution in [2.24, 2.45) is 0 Å². The topological polar surface area (TPSA) is 60.5 Å². The van der Waals surface area contributed by atoms with Gasteiger partial charge in [-0.15, -0.1) is 0 Å². The van der Waals surface area contributed by atoms with E-state index in [1.165, 1.54) is 0 Å². The summed E-state index contributed by atoms with van der Waals surface area (Å²) < 4.78 is 23.7. The molecule has 3 aromatic carbocycles. The molecule has 3 aromatic rings. The van der Waals surface area contributed by atoms with Crippen molar-refractivity contribution < 1.29 is 23.7 Å². The van der Waals surface area contributed by atoms with Crippen LogP contribution in [0.4, 0.5) is 5.69 Å². The summed E-state index contributed by atoms with van der Waals surface area (Å²) in [6.07, 6.45) is 1.44. The summed E-state index contributed by atoms with van der Waals surface area (Å²) in [7, 11) is 0. The van der Waals surface area contributed by atoms with Gasteiger partial charge in [-0.05, 0) is 61.5 Å². The first kappa shape index (κ1) is 28.3. The lowest BCUT2D eigenvalue weighted by Gasteiger charge is -2.36. The van der Waals surface area contributed by atoms with Gasteiger partial charge < -0.3 is 28.7 Å². The second-order valence-corrected chi connectivity index (χ2v) is 10.7. The third kappa shape index (κ3) is 6.56. The lowest BCUT2D eigenvalue weighted by Crippen LogP contribution is -2.48. The van der Waals surface area contributed by atoms with Gasteiger partial charge in [-0.25, -0.2) is 0 Å². The van der Waals surface area contributed by atoms with Crippen molar-refractivity contribution in [3.8, 4) is 11.5 Å². The number of hydrogen-bond acceptors (Lipinski definition) is 6. The van der Waals surface area contributed by atoms with Crippen LogP contribution in [0.1, 0.15) is 22.8 Å². The molecule has 0 unspecified atom stereocenters. The Balaban J connectivity index is 1.10. The van der Waals surface area contributed by atoms with E-state index in [9.17, 15) is 4.79 Å². The van der Waals surface area contributed by atoms with E-state index >= 15 is 0 Å². The molecule has 0 N–H and O–H groups in total. The SMILES string of the molecule is C=CCOc1cccc(C(=O)N2CCN(c3ccc(OC[C@@H]4CO[C@](C)(c5ccc(Cl)cc5Cl)O4)cc3)CC2)c1. The van der Waals surface area contributed by atoms with Gasteiger partial charge in [0.15, 0.2) is 5.79 Å². The van der Waals surface area contributed by atoms with Crippen molar-refractivity contribution in [3.05, 3.63) is 101 Å². The molecule has 210 valence electrons. The fourth-order valence-electron chi connectivity index (χ4n) is 4.89. The first-order valence-corrected chi connectivity index (χ1v) is 14.0. The number of amides is 1. The number of anilines is 1. The van der Waals surface area contributed by atoms with Crippen LogP contribution < -0.4 is 14.4 Å². The highest BCUT2D eigenvalue weighted by Gasteiger charge is 2.40. The average molecular weight is 584 g/mol. The second-order valence-electron chi connectivity index (χ2n) is 9.83. The van der Waals surface area contributed by atoms with Crippen LogP contribution in [0.2, 0.25) is 10.0 Å². The van der Waals surface area contributed by atoms with Gasteiger partial charge in [0.25, 0.3) is 5.91 Å². The van der Waals surface area contributed by atoms with Crippen molar-refractivity contribution in [2.75, 3.05) is 50.9 Å². The van der Waals surface area contributed by atoms with Gasteiger partial charge in [-0.1, -0.05) is 48.0 Å². The molecule has 0 aliphatic carbocycles. The summed E-state index contributed by atoms with van der Waals surface area (Å²) in [5.41, 5.74) is 2.45. The average Bonchev–Trinajstić information content (AvgIpc) is 3.36. The molecule has 2 aliphatic heterocycles. The van der Waals surface area contributed by atoms with Gasteiger partial charge in [0.1, 0.15) is 30.8 Å². The molecule has 0 aromatic heterocycles. The van der Waals surface area contributed by atoms with Gasteiger partial charge in [-0.2, -0.15) is 0 Å². The van der Waals surface area contributed by atoms with Crippen LogP contribution in [0.5, 0.6) is 11.5 Å². The predicted octanol–water partition coefficient (Wildman–Crippen LogP) is 6.19. The normalized spacial score (nSPS) is 20.8. The molecule has 0 saturated carbocycles. The molecular formula is C31H32Cl2N2O5. The summed E-state index contributed by atoms with van der Waals surface area (Å²) in [6.45, 7) is 9.43. The van der Waals surface area contributed by atoms with Crippen LogP contribution in [0.3, 0.4) is 0 Å². The molecule has 2 heterocycles. The molecule has 40 heavy (non-hydrogen) atoms. The molecular weight excluding hydrogens is 551 g/mol. The molecule has 0 radical (unpaired) electrons. The quantitative estimate of drug-likeness (QED) is 0.280. The Morgan fingerprint density at radius 2 is 1.80 bits per heavy atom. The van der Waals surface area contributed by atoms with E-state index < -0.39 is 5.79 Å². The highest BCUT2D eigenvalue weighted by Crippen LogP contribution is 2.38. The van der Waals surface area contributed by atoms with E-state index in [4.69, 9.17) is 42.1 Å². The Hall–Kier alpha value is -3.23. The van der Waals surface area contributed by atoms with Crippen molar-refractivity contribution in [2.45, 2.75) is 18.8 Å². The highest BCUT2D eigenvalue weighted by molar-refractivity contribution is 6.35. The van der Waals surface area contributed by atoms with Gasteiger partial charge in [0.2, 0.25) is 0 Å². The van der Waals surface area contributed by atoms with Gasteiger partial charge in [0, 0.05) is 48.0 Å². The van der Waals surface area contributed by atoms with Crippen LogP contribution >= 0.6 is 23.2 Å². The first-order chi connectivity index (χ1) is 19.3. The smallest absolute Gasteiger partial charge is 0.254 e. The van der Waals surface area contributed by atoms with Crippen molar-refractivity contribution in [1.29, 1.82) is 0 Å². The largest absolute Gasteiger partial charge is 0.491 e. The monoisotopic (exact) mass is 582 g/mol. The summed E-state index contributed by atoms with van der Waals surface area (Å²) in [5.74, 6) is 0.474. The summed E-state index contributed by atoms with van der Waals surface area (Å²) in [4.78, 5) is 17.2. The maximum atomic E-state index is 13.0. The maximum absolute atomic E-state index is 13.0. The molecule has 1 amide bonds. The number of halogens is 2. The van der Waals surface area contributed by atoms with E-state index in [1.54, 1.807) is 24.3 Å². The number of ether oxygens (including phenoxy) is 4. The van der Waals surface area contributed by atoms with Crippen LogP contribution in [-0.4, -0.2) is 62.9 Å². The maximum Gasteiger partial charge on any atom is 0.254 e. The third-order valence-electron chi connectivity index (χ3n) is 7.01. The minimum atomic E-state index is -0.953. The molecule has 5 rings (SSSR count). The van der Waals surface area contributed by atoms with Crippen LogP contribution in [0.15, 0.2) is 79.4 Å². The number of piperazine rings is 1. The van der Waals surface area contributed by atoms with Gasteiger partial charge in [-0.3, -0.25) is 4.79 Å². The Morgan fingerprint density at radius 3 is 2.52 bits per heavy atom. The lowest BCUT2D eigenvalue weighted by molar-refractivity contribution is -0.164. The zero-order valence-electron chi connectivity index (χ0n) is 22.4. The number of nitrogens with zero attached hydrogens (tertiary/aromatic N) is 2. The zero-order chi connectivity index (χ0) is 28.1. The number of rotatable bonds is 9. The van der Waals surface area contributed by atoms with Crippen molar-refractivity contribution in [3.63, 3.8) is 0 Å². The van der Waals surface area contributed by atoms with E-state index in [-0.39, 0.29) is 12.0 Å². The molecule has 2 fully saturated rings. The summed E-state index contributed by atoms with van der Waals surface area (Å²) in [6, 6.07) is 20.5. The minimum Gasteiger partial charge on any atom is -0.491 e. The standard InChI is InChI=1S/C31H32Cl2N2O5/c1-3-17-37-26-6-4-5-22(18-26)30(36)35-15-13-34(14-16-35)24-8-10-25(11-9-24)38-20-27-21-39-31(2,40-27)28-12-7-23(32)19-29(28)33/h3-12,18-19,27H,1,13-17,20-21H2,2H3/t27-,31+/m1/s1. The lowest BCUT2D eigenvalue weighted by atomic mass is 10.1. The third-order valence-corrected chi connectivity index (χ3v) is 7.56. The van der Waals surface area contributed by atoms with Gasteiger partial charge in [0.05, 0.1) is 11.6 Å². The van der Waals surface area contributed by atoms with Crippen LogP contribution in [-0.2, 0) is 15.3 Å². The molecule has 2 atom stereocenters. The fraction of sp³-hybridized carbons (Fsp3) is 0.323. The Bertz CT molecular complexity index is 1340. The summed E-state index contributed by atoms with van der Waals surface area (Å²) >= 11 is 12.4. The molecule has 2 aliphatic rings. The Kier molecular flexibility index (Phi) is 8.86. The number of hydrogen-bond donors (Lipinski definition) is 0. The number of benzene rings is 3. The molecule has 0 spiro atoms. The van der Waals surface area contributed by atoms with E-state index in [1.807, 2.05) is 60.4 Å². The Labute approximate surface area is 244 Å². The zero-order valence-corrected chi connectivity index (χ0v) is 23.9. The van der Waals surface area contributed by atoms with Crippen LogP contribution in [0.25, 0.3) is 0 Å². The van der Waals surface area contributed by atoms with E-state index in [2.05, 4.69) is 11.5 Å². The van der Waals surface area contributed by atoms with Crippen molar-refractivity contribution in [1.82, 2.24) is 4.90 Å². The molecule has 2 saturated heterocycles. The van der Waals surface area contributed by atoms with E-state index in [0.29, 0.717) is 54.3 Å². The number of carbonyl (C=O) groups is 1. The number of carbonyl (C=O) groups excluding carboxylic acids is 1. The molecule has 0 bridgehead atoms. The second kappa shape index (κ2) is 12.5.